The molecule has 0 bridgehead atoms. The van der Waals surface area contributed by atoms with Gasteiger partial charge in [-0.2, -0.15) is 26.3 Å². The second-order valence-electron chi connectivity index (χ2n) is 7.04. The first-order valence-electron chi connectivity index (χ1n) is 10.4. The van der Waals surface area contributed by atoms with Crippen LogP contribution in [0.3, 0.4) is 0 Å². The zero-order valence-electron chi connectivity index (χ0n) is 18.8. The van der Waals surface area contributed by atoms with Gasteiger partial charge in [0.25, 0.3) is 0 Å². The lowest BCUT2D eigenvalue weighted by Gasteiger charge is -2.23. The number of nitrogens with one attached hydrogen (secondary N) is 1. The predicted octanol–water partition coefficient (Wildman–Crippen LogP) is 5.82. The molecule has 1 heterocycles. The van der Waals surface area contributed by atoms with Crippen LogP contribution in [0.2, 0.25) is 0 Å². The molecule has 0 saturated heterocycles. The molecule has 0 aliphatic heterocycles. The van der Waals surface area contributed by atoms with E-state index in [9.17, 15) is 35.9 Å². The molecule has 0 aliphatic rings. The average molecular weight is 527 g/mol. The Labute approximate surface area is 201 Å². The van der Waals surface area contributed by atoms with Crippen LogP contribution < -0.4 is 5.32 Å². The number of ether oxygens (including phenoxy) is 2. The monoisotopic (exact) mass is 527 g/mol. The van der Waals surface area contributed by atoms with E-state index in [0.29, 0.717) is 30.2 Å². The van der Waals surface area contributed by atoms with Crippen molar-refractivity contribution in [3.63, 3.8) is 0 Å². The number of anilines is 1. The van der Waals surface area contributed by atoms with Crippen LogP contribution in [0.5, 0.6) is 0 Å². The van der Waals surface area contributed by atoms with Crippen molar-refractivity contribution in [1.82, 2.24) is 9.88 Å². The first kappa shape index (κ1) is 28.4. The van der Waals surface area contributed by atoms with Crippen LogP contribution in [-0.4, -0.2) is 48.2 Å². The highest BCUT2D eigenvalue weighted by Crippen LogP contribution is 2.37. The van der Waals surface area contributed by atoms with Crippen LogP contribution in [0.15, 0.2) is 23.6 Å². The number of rotatable bonds is 10. The number of carbonyl (C=O) groups is 2. The Hall–Kier alpha value is -2.87. The lowest BCUT2D eigenvalue weighted by Crippen LogP contribution is -2.36. The van der Waals surface area contributed by atoms with Crippen molar-refractivity contribution in [2.45, 2.75) is 39.2 Å². The van der Waals surface area contributed by atoms with Gasteiger partial charge in [-0.3, -0.25) is 0 Å². The average Bonchev–Trinajstić information content (AvgIpc) is 3.23. The number of nitrogens with zero attached hydrogens (tertiary/aromatic N) is 2. The molecule has 35 heavy (non-hydrogen) atoms. The fourth-order valence-corrected chi connectivity index (χ4v) is 3.61. The summed E-state index contributed by atoms with van der Waals surface area (Å²) in [6, 6.07) is -0.120. The minimum Gasteiger partial charge on any atom is -0.461 e. The normalized spacial score (nSPS) is 11.9. The van der Waals surface area contributed by atoms with Crippen LogP contribution in [0, 0.1) is 0 Å². The Balaban J connectivity index is 2.27. The Morgan fingerprint density at radius 1 is 1.03 bits per heavy atom. The Morgan fingerprint density at radius 3 is 2.20 bits per heavy atom. The largest absolute Gasteiger partial charge is 0.461 e. The van der Waals surface area contributed by atoms with E-state index in [-0.39, 0.29) is 38.1 Å². The van der Waals surface area contributed by atoms with Crippen LogP contribution in [-0.2, 0) is 28.4 Å². The van der Waals surface area contributed by atoms with E-state index in [1.807, 2.05) is 0 Å². The SMILES string of the molecule is CCOCCCN(Cc1nc(C(=O)OCC)cs1)C(=O)Nc1cc(C(F)(F)F)cc(C(F)(F)F)c1. The van der Waals surface area contributed by atoms with Crippen LogP contribution in [0.1, 0.15) is 46.9 Å². The molecule has 0 saturated carbocycles. The number of esters is 1. The van der Waals surface area contributed by atoms with E-state index in [0.717, 1.165) is 16.2 Å². The second-order valence-corrected chi connectivity index (χ2v) is 7.99. The molecule has 194 valence electrons. The van der Waals surface area contributed by atoms with Crippen molar-refractivity contribution in [2.24, 2.45) is 0 Å². The molecule has 0 aliphatic carbocycles. The van der Waals surface area contributed by atoms with Gasteiger partial charge in [0.05, 0.1) is 24.3 Å². The van der Waals surface area contributed by atoms with Gasteiger partial charge in [0.15, 0.2) is 5.69 Å². The number of hydrogen-bond donors (Lipinski definition) is 1. The highest BCUT2D eigenvalue weighted by atomic mass is 32.1. The molecule has 7 nitrogen and oxygen atoms in total. The number of urea groups is 1. The number of aromatic nitrogens is 1. The van der Waals surface area contributed by atoms with Gasteiger partial charge in [0.2, 0.25) is 0 Å². The predicted molar refractivity (Wildman–Crippen MR) is 115 cm³/mol. The molecule has 1 aromatic carbocycles. The maximum absolute atomic E-state index is 13.1. The number of thiazole rings is 1. The van der Waals surface area contributed by atoms with Crippen LogP contribution >= 0.6 is 11.3 Å². The molecular weight excluding hydrogens is 504 g/mol. The lowest BCUT2D eigenvalue weighted by molar-refractivity contribution is -0.143. The van der Waals surface area contributed by atoms with Crippen molar-refractivity contribution in [3.8, 4) is 0 Å². The maximum atomic E-state index is 13.1. The first-order chi connectivity index (χ1) is 16.3. The summed E-state index contributed by atoms with van der Waals surface area (Å²) in [4.78, 5) is 29.9. The van der Waals surface area contributed by atoms with Crippen LogP contribution in [0.4, 0.5) is 36.8 Å². The summed E-state index contributed by atoms with van der Waals surface area (Å²) in [6.45, 7) is 4.13. The van der Waals surface area contributed by atoms with Gasteiger partial charge >= 0.3 is 24.4 Å². The maximum Gasteiger partial charge on any atom is 0.416 e. The minimum absolute atomic E-state index is 0.0224. The summed E-state index contributed by atoms with van der Waals surface area (Å²) >= 11 is 1.05. The molecule has 0 atom stereocenters. The first-order valence-corrected chi connectivity index (χ1v) is 11.3. The fourth-order valence-electron chi connectivity index (χ4n) is 2.83. The number of benzene rings is 1. The van der Waals surface area contributed by atoms with Crippen molar-refractivity contribution in [1.29, 1.82) is 0 Å². The van der Waals surface area contributed by atoms with Gasteiger partial charge < -0.3 is 19.7 Å². The third-order valence-electron chi connectivity index (χ3n) is 4.41. The van der Waals surface area contributed by atoms with E-state index in [1.165, 1.54) is 5.38 Å². The van der Waals surface area contributed by atoms with E-state index >= 15 is 0 Å². The number of alkyl halides is 6. The zero-order valence-corrected chi connectivity index (χ0v) is 19.6. The van der Waals surface area contributed by atoms with Gasteiger partial charge in [0, 0.05) is 30.8 Å². The summed E-state index contributed by atoms with van der Waals surface area (Å²) in [5.74, 6) is -0.661. The number of carbonyl (C=O) groups excluding carboxylic acids is 2. The summed E-state index contributed by atoms with van der Waals surface area (Å²) < 4.78 is 88.9. The van der Waals surface area contributed by atoms with Gasteiger partial charge in [-0.1, -0.05) is 0 Å². The molecule has 0 radical (unpaired) electrons. The molecule has 14 heteroatoms. The zero-order chi connectivity index (χ0) is 26.2. The molecule has 0 fully saturated rings. The number of amides is 2. The third kappa shape index (κ3) is 8.69. The lowest BCUT2D eigenvalue weighted by atomic mass is 10.1. The Bertz CT molecular complexity index is 977. The molecule has 2 amide bonds. The minimum atomic E-state index is -5.05. The van der Waals surface area contributed by atoms with E-state index in [1.54, 1.807) is 13.8 Å². The summed E-state index contributed by atoms with van der Waals surface area (Å²) in [6.07, 6.45) is -9.77. The highest BCUT2D eigenvalue weighted by molar-refractivity contribution is 7.09. The van der Waals surface area contributed by atoms with Crippen molar-refractivity contribution < 1.29 is 45.4 Å². The Kier molecular flexibility index (Phi) is 9.89. The molecule has 2 aromatic rings. The van der Waals surface area contributed by atoms with E-state index in [2.05, 4.69) is 10.3 Å². The van der Waals surface area contributed by atoms with Gasteiger partial charge in [-0.15, -0.1) is 11.3 Å². The molecule has 2 rings (SSSR count). The van der Waals surface area contributed by atoms with E-state index in [4.69, 9.17) is 9.47 Å². The fraction of sp³-hybridized carbons (Fsp3) is 0.476. The molecule has 1 N–H and O–H groups in total. The van der Waals surface area contributed by atoms with E-state index < -0.39 is 41.2 Å². The van der Waals surface area contributed by atoms with Crippen molar-refractivity contribution in [2.75, 3.05) is 31.7 Å². The standard InChI is InChI=1S/C21H23F6N3O4S/c1-3-33-7-5-6-30(11-17-29-16(12-35-17)18(31)34-4-2)19(32)28-15-9-13(20(22,23)24)8-14(10-15)21(25,26)27/h8-10,12H,3-7,11H2,1-2H3,(H,28,32). The quantitative estimate of drug-likeness (QED) is 0.239. The second kappa shape index (κ2) is 12.2. The Morgan fingerprint density at radius 2 is 1.66 bits per heavy atom. The highest BCUT2D eigenvalue weighted by Gasteiger charge is 2.37. The topological polar surface area (TPSA) is 80.8 Å². The van der Waals surface area contributed by atoms with Gasteiger partial charge in [-0.05, 0) is 38.5 Å². The summed E-state index contributed by atoms with van der Waals surface area (Å²) in [5.41, 5.74) is -3.75. The van der Waals surface area contributed by atoms with Gasteiger partial charge in [-0.25, -0.2) is 14.6 Å². The van der Waals surface area contributed by atoms with Crippen LogP contribution in [0.25, 0.3) is 0 Å². The molecule has 0 unspecified atom stereocenters. The summed E-state index contributed by atoms with van der Waals surface area (Å²) in [7, 11) is 0. The molecule has 0 spiro atoms. The van der Waals surface area contributed by atoms with Gasteiger partial charge in [0.1, 0.15) is 5.01 Å². The summed E-state index contributed by atoms with van der Waals surface area (Å²) in [5, 5.41) is 3.85. The van der Waals surface area contributed by atoms with Crippen molar-refractivity contribution in [3.05, 3.63) is 45.4 Å². The number of hydrogen-bond acceptors (Lipinski definition) is 6. The third-order valence-corrected chi connectivity index (χ3v) is 5.24. The molecular formula is C21H23F6N3O4S. The van der Waals surface area contributed by atoms with Crippen molar-refractivity contribution >= 4 is 29.0 Å². The molecule has 1 aromatic heterocycles. The number of halogens is 6. The smallest absolute Gasteiger partial charge is 0.416 e.